The topological polar surface area (TPSA) is 74.3 Å². The van der Waals surface area contributed by atoms with Crippen LogP contribution in [0.15, 0.2) is 35.7 Å². The minimum Gasteiger partial charge on any atom is -0.549 e. The predicted octanol–water partition coefficient (Wildman–Crippen LogP) is -3.14. The van der Waals surface area contributed by atoms with Crippen LogP contribution in [0.1, 0.15) is 5.56 Å². The Morgan fingerprint density at radius 2 is 1.81 bits per heavy atom. The Bertz CT molecular complexity index is 476. The monoisotopic (exact) mass is 248 g/mol. The number of aliphatic carboxylic acids is 1. The van der Waals surface area contributed by atoms with Gasteiger partial charge >= 0.3 is 29.6 Å². The first-order valence-electron chi connectivity index (χ1n) is 4.11. The number of carboxylic acids is 1. The van der Waals surface area contributed by atoms with Crippen molar-refractivity contribution in [1.29, 1.82) is 0 Å². The second-order valence-electron chi connectivity index (χ2n) is 2.90. The molecule has 0 bridgehead atoms. The quantitative estimate of drug-likeness (QED) is 0.528. The van der Waals surface area contributed by atoms with Gasteiger partial charge in [0.05, 0.1) is 16.6 Å². The number of carbonyl (C=O) groups excluding carboxylic acids is 1. The van der Waals surface area contributed by atoms with Crippen LogP contribution in [0.25, 0.3) is 6.08 Å². The van der Waals surface area contributed by atoms with Gasteiger partial charge in [0, 0.05) is 0 Å². The van der Waals surface area contributed by atoms with Gasteiger partial charge in [0.2, 0.25) is 0 Å². The summed E-state index contributed by atoms with van der Waals surface area (Å²) in [5.74, 6) is -2.61. The van der Waals surface area contributed by atoms with Gasteiger partial charge in [-0.25, -0.2) is 8.42 Å². The van der Waals surface area contributed by atoms with Crippen molar-refractivity contribution in [2.45, 2.75) is 4.90 Å². The van der Waals surface area contributed by atoms with Gasteiger partial charge in [0.25, 0.3) is 0 Å². The van der Waals surface area contributed by atoms with Crippen LogP contribution in [0, 0.1) is 0 Å². The van der Waals surface area contributed by atoms with Gasteiger partial charge in [-0.2, -0.15) is 0 Å². The molecular weight excluding hydrogens is 239 g/mol. The molecule has 1 aromatic carbocycles. The van der Waals surface area contributed by atoms with Crippen LogP contribution in [0.2, 0.25) is 0 Å². The van der Waals surface area contributed by atoms with E-state index in [1.165, 1.54) is 12.1 Å². The van der Waals surface area contributed by atoms with Crippen LogP contribution in [0.3, 0.4) is 0 Å². The molecule has 1 aromatic rings. The standard InChI is InChI=1S/C10H10O4S.Na/c1-2-8-3-5-9(6-4-8)15(13,14)7-10(11)12;/h2-6H,1,7H2,(H,11,12);/q;+1/p-1. The molecule has 0 aliphatic heterocycles. The molecule has 80 valence electrons. The average Bonchev–Trinajstić information content (AvgIpc) is 2.16. The van der Waals surface area contributed by atoms with E-state index in [0.29, 0.717) is 0 Å². The van der Waals surface area contributed by atoms with E-state index < -0.39 is 21.6 Å². The van der Waals surface area contributed by atoms with Crippen LogP contribution in [0.5, 0.6) is 0 Å². The van der Waals surface area contributed by atoms with Crippen molar-refractivity contribution >= 4 is 21.9 Å². The van der Waals surface area contributed by atoms with Crippen LogP contribution >= 0.6 is 0 Å². The zero-order valence-corrected chi connectivity index (χ0v) is 11.7. The van der Waals surface area contributed by atoms with Gasteiger partial charge in [-0.15, -0.1) is 0 Å². The summed E-state index contributed by atoms with van der Waals surface area (Å²) in [6.45, 7) is 3.52. The molecular formula is C10H9NaO4S. The number of rotatable bonds is 4. The molecule has 0 spiro atoms. The number of carbonyl (C=O) groups is 1. The number of benzene rings is 1. The third-order valence-corrected chi connectivity index (χ3v) is 3.39. The second kappa shape index (κ2) is 6.20. The number of hydrogen-bond acceptors (Lipinski definition) is 4. The van der Waals surface area contributed by atoms with Crippen LogP contribution in [-0.4, -0.2) is 20.1 Å². The summed E-state index contributed by atoms with van der Waals surface area (Å²) in [7, 11) is -3.78. The molecule has 0 aliphatic rings. The Kier molecular flexibility index (Phi) is 5.96. The SMILES string of the molecule is C=Cc1ccc(S(=O)(=O)CC(=O)[O-])cc1.[Na+]. The van der Waals surface area contributed by atoms with Crippen molar-refractivity contribution in [3.05, 3.63) is 36.4 Å². The molecule has 0 radical (unpaired) electrons. The molecule has 0 fully saturated rings. The average molecular weight is 248 g/mol. The molecule has 1 rings (SSSR count). The minimum absolute atomic E-state index is 0. The first-order valence-corrected chi connectivity index (χ1v) is 5.76. The molecule has 0 N–H and O–H groups in total. The fourth-order valence-electron chi connectivity index (χ4n) is 1.05. The molecule has 0 amide bonds. The minimum atomic E-state index is -3.78. The molecule has 0 aliphatic carbocycles. The molecule has 0 saturated carbocycles. The van der Waals surface area contributed by atoms with Gasteiger partial charge in [0.15, 0.2) is 9.84 Å². The maximum atomic E-state index is 11.4. The Balaban J connectivity index is 0.00000225. The summed E-state index contributed by atoms with van der Waals surface area (Å²) in [6.07, 6.45) is 1.56. The summed E-state index contributed by atoms with van der Waals surface area (Å²) in [6, 6.07) is 5.79. The van der Waals surface area contributed by atoms with Crippen molar-refractivity contribution in [3.8, 4) is 0 Å². The Labute approximate surface area is 116 Å². The van der Waals surface area contributed by atoms with E-state index in [1.54, 1.807) is 18.2 Å². The Hall–Kier alpha value is -0.620. The summed E-state index contributed by atoms with van der Waals surface area (Å²) >= 11 is 0. The Morgan fingerprint density at radius 3 is 2.19 bits per heavy atom. The van der Waals surface area contributed by atoms with Gasteiger partial charge in [-0.1, -0.05) is 24.8 Å². The van der Waals surface area contributed by atoms with Crippen LogP contribution in [-0.2, 0) is 14.6 Å². The molecule has 0 saturated heterocycles. The van der Waals surface area contributed by atoms with Gasteiger partial charge in [-0.3, -0.25) is 0 Å². The zero-order valence-electron chi connectivity index (χ0n) is 8.84. The number of sulfone groups is 1. The third-order valence-electron chi connectivity index (χ3n) is 1.78. The van der Waals surface area contributed by atoms with Gasteiger partial charge < -0.3 is 9.90 Å². The summed E-state index contributed by atoms with van der Waals surface area (Å²) in [5.41, 5.74) is 0.766. The first kappa shape index (κ1) is 15.4. The van der Waals surface area contributed by atoms with E-state index in [1.807, 2.05) is 0 Å². The van der Waals surface area contributed by atoms with Gasteiger partial charge in [0.1, 0.15) is 0 Å². The normalized spacial score (nSPS) is 10.2. The predicted molar refractivity (Wildman–Crippen MR) is 53.6 cm³/mol. The molecule has 0 atom stereocenters. The van der Waals surface area contributed by atoms with E-state index in [9.17, 15) is 18.3 Å². The van der Waals surface area contributed by atoms with Crippen molar-refractivity contribution in [1.82, 2.24) is 0 Å². The van der Waals surface area contributed by atoms with Crippen molar-refractivity contribution in [2.24, 2.45) is 0 Å². The van der Waals surface area contributed by atoms with Crippen molar-refractivity contribution in [3.63, 3.8) is 0 Å². The maximum Gasteiger partial charge on any atom is 1.00 e. The zero-order chi connectivity index (χ0) is 11.5. The smallest absolute Gasteiger partial charge is 0.549 e. The largest absolute Gasteiger partial charge is 1.00 e. The van der Waals surface area contributed by atoms with E-state index in [0.717, 1.165) is 5.56 Å². The number of hydrogen-bond donors (Lipinski definition) is 0. The molecule has 6 heteroatoms. The second-order valence-corrected chi connectivity index (χ2v) is 4.89. The van der Waals surface area contributed by atoms with Gasteiger partial charge in [-0.05, 0) is 17.7 Å². The molecule has 0 aromatic heterocycles. The summed E-state index contributed by atoms with van der Waals surface area (Å²) in [4.78, 5) is 10.2. The molecule has 0 heterocycles. The molecule has 0 unspecified atom stereocenters. The van der Waals surface area contributed by atoms with E-state index >= 15 is 0 Å². The fourth-order valence-corrected chi connectivity index (χ4v) is 2.08. The summed E-state index contributed by atoms with van der Waals surface area (Å²) in [5, 5.41) is 10.2. The van der Waals surface area contributed by atoms with Crippen molar-refractivity contribution in [2.75, 3.05) is 5.75 Å². The van der Waals surface area contributed by atoms with Crippen molar-refractivity contribution < 1.29 is 47.9 Å². The first-order chi connectivity index (χ1) is 6.95. The molecule has 4 nitrogen and oxygen atoms in total. The van der Waals surface area contributed by atoms with E-state index in [4.69, 9.17) is 0 Å². The Morgan fingerprint density at radius 1 is 1.31 bits per heavy atom. The number of carboxylic acid groups (broad SMARTS) is 1. The van der Waals surface area contributed by atoms with E-state index in [-0.39, 0.29) is 34.5 Å². The maximum absolute atomic E-state index is 11.4. The van der Waals surface area contributed by atoms with E-state index in [2.05, 4.69) is 6.58 Å². The fraction of sp³-hybridized carbons (Fsp3) is 0.100. The third kappa shape index (κ3) is 4.09. The molecule has 16 heavy (non-hydrogen) atoms. The summed E-state index contributed by atoms with van der Waals surface area (Å²) < 4.78 is 22.8. The van der Waals surface area contributed by atoms with Crippen LogP contribution in [0.4, 0.5) is 0 Å². The van der Waals surface area contributed by atoms with Crippen LogP contribution < -0.4 is 34.7 Å².